The molecular formula is C32H45IN2O7. The minimum absolute atomic E-state index is 0.0171. The van der Waals surface area contributed by atoms with Crippen molar-refractivity contribution in [2.45, 2.75) is 102 Å². The summed E-state index contributed by atoms with van der Waals surface area (Å²) in [6, 6.07) is 2.88. The number of nitrogens with zero attached hydrogens (tertiary/aromatic N) is 1. The Balaban J connectivity index is 1.46. The topological polar surface area (TPSA) is 129 Å². The van der Waals surface area contributed by atoms with E-state index in [1.54, 1.807) is 18.2 Å². The Labute approximate surface area is 262 Å². The van der Waals surface area contributed by atoms with Crippen molar-refractivity contribution in [3.05, 3.63) is 32.9 Å². The number of ether oxygens (including phenoxy) is 2. The molecule has 6 atom stereocenters. The first-order valence-corrected chi connectivity index (χ1v) is 16.6. The standard InChI is InChI=1S/C32H45IN2O7/c1-41-28-14-20(18-37)13-25(33)31(28)42-27-16-23(32(40)34-9-10-36)15-26(30(27)39)35(24-5-3-2-4-6-24)29(38)17-22-12-19-7-8-21(22)11-19/h13-14,16,19,21-22,24,26-27,30,36-37,39H,2-12,15,17-18H2,1H3,(H,34,40). The normalized spacial score (nSPS) is 29.2. The van der Waals surface area contributed by atoms with E-state index in [4.69, 9.17) is 9.47 Å². The van der Waals surface area contributed by atoms with E-state index in [0.29, 0.717) is 44.5 Å². The van der Waals surface area contributed by atoms with Gasteiger partial charge in [-0.1, -0.05) is 25.7 Å². The lowest BCUT2D eigenvalue weighted by Gasteiger charge is -2.45. The monoisotopic (exact) mass is 696 g/mol. The molecule has 0 heterocycles. The first kappa shape index (κ1) is 31.5. The van der Waals surface area contributed by atoms with Gasteiger partial charge in [0.05, 0.1) is 29.9 Å². The van der Waals surface area contributed by atoms with Crippen molar-refractivity contribution in [1.29, 1.82) is 0 Å². The Bertz CT molecular complexity index is 1150. The Morgan fingerprint density at radius 3 is 2.52 bits per heavy atom. The molecule has 2 bridgehead atoms. The summed E-state index contributed by atoms with van der Waals surface area (Å²) in [5.41, 5.74) is 1.10. The molecule has 4 aliphatic carbocycles. The van der Waals surface area contributed by atoms with E-state index < -0.39 is 18.2 Å². The Morgan fingerprint density at radius 1 is 1.10 bits per heavy atom. The maximum atomic E-state index is 14.2. The first-order valence-electron chi connectivity index (χ1n) is 15.6. The zero-order valence-corrected chi connectivity index (χ0v) is 26.6. The molecule has 0 saturated heterocycles. The highest BCUT2D eigenvalue weighted by Gasteiger charge is 2.46. The highest BCUT2D eigenvalue weighted by molar-refractivity contribution is 14.1. The molecule has 232 valence electrons. The first-order chi connectivity index (χ1) is 20.3. The van der Waals surface area contributed by atoms with Crippen LogP contribution >= 0.6 is 22.6 Å². The zero-order chi connectivity index (χ0) is 29.8. The predicted molar refractivity (Wildman–Crippen MR) is 166 cm³/mol. The number of benzene rings is 1. The number of amides is 2. The van der Waals surface area contributed by atoms with Crippen LogP contribution in [-0.2, 0) is 16.2 Å². The second-order valence-electron chi connectivity index (χ2n) is 12.5. The molecule has 3 saturated carbocycles. The summed E-state index contributed by atoms with van der Waals surface area (Å²) in [6.07, 6.45) is 10.2. The van der Waals surface area contributed by atoms with Crippen LogP contribution in [0.25, 0.3) is 0 Å². The molecule has 0 radical (unpaired) electrons. The summed E-state index contributed by atoms with van der Waals surface area (Å²) in [5, 5.41) is 33.6. The highest BCUT2D eigenvalue weighted by atomic mass is 127. The molecule has 0 aromatic heterocycles. The number of fused-ring (bicyclic) bond motifs is 2. The fourth-order valence-corrected chi connectivity index (χ4v) is 8.63. The quantitative estimate of drug-likeness (QED) is 0.260. The SMILES string of the molecule is COc1cc(CO)cc(I)c1OC1C=C(C(=O)NCCO)CC(N(C(=O)CC2CC3CCC2C3)C2CCCCC2)C1O. The van der Waals surface area contributed by atoms with Gasteiger partial charge in [-0.25, -0.2) is 0 Å². The molecule has 4 N–H and O–H groups in total. The van der Waals surface area contributed by atoms with E-state index in [1.807, 2.05) is 4.90 Å². The lowest BCUT2D eigenvalue weighted by atomic mass is 9.83. The molecule has 9 nitrogen and oxygen atoms in total. The number of rotatable bonds is 11. The van der Waals surface area contributed by atoms with Gasteiger partial charge in [0, 0.05) is 31.0 Å². The summed E-state index contributed by atoms with van der Waals surface area (Å²) in [4.78, 5) is 29.4. The molecule has 2 amide bonds. The van der Waals surface area contributed by atoms with Gasteiger partial charge in [0.15, 0.2) is 11.5 Å². The molecule has 1 aromatic carbocycles. The van der Waals surface area contributed by atoms with Gasteiger partial charge < -0.3 is 35.0 Å². The van der Waals surface area contributed by atoms with Crippen LogP contribution in [0.4, 0.5) is 0 Å². The number of nitrogens with one attached hydrogen (secondary N) is 1. The van der Waals surface area contributed by atoms with E-state index >= 15 is 0 Å². The van der Waals surface area contributed by atoms with Crippen molar-refractivity contribution in [2.24, 2.45) is 17.8 Å². The number of halogens is 1. The third kappa shape index (κ3) is 6.92. The van der Waals surface area contributed by atoms with Crippen molar-refractivity contribution < 1.29 is 34.4 Å². The molecule has 0 spiro atoms. The molecule has 42 heavy (non-hydrogen) atoms. The fourth-order valence-electron chi connectivity index (χ4n) is 7.84. The van der Waals surface area contributed by atoms with Crippen LogP contribution in [0.2, 0.25) is 0 Å². The maximum Gasteiger partial charge on any atom is 0.247 e. The molecule has 6 unspecified atom stereocenters. The number of aliphatic hydroxyl groups excluding tert-OH is 3. The Hall–Kier alpha value is -1.89. The Morgan fingerprint density at radius 2 is 1.88 bits per heavy atom. The van der Waals surface area contributed by atoms with Crippen molar-refractivity contribution in [3.63, 3.8) is 0 Å². The largest absolute Gasteiger partial charge is 0.493 e. The van der Waals surface area contributed by atoms with Crippen LogP contribution in [-0.4, -0.2) is 76.6 Å². The minimum atomic E-state index is -1.07. The summed E-state index contributed by atoms with van der Waals surface area (Å²) in [6.45, 7) is -0.233. The predicted octanol–water partition coefficient (Wildman–Crippen LogP) is 3.70. The third-order valence-corrected chi connectivity index (χ3v) is 10.7. The van der Waals surface area contributed by atoms with E-state index in [0.717, 1.165) is 44.4 Å². The number of carbonyl (C=O) groups is 2. The average Bonchev–Trinajstić information content (AvgIpc) is 3.62. The number of hydrogen-bond donors (Lipinski definition) is 4. The van der Waals surface area contributed by atoms with Crippen LogP contribution in [0.15, 0.2) is 23.8 Å². The van der Waals surface area contributed by atoms with E-state index in [1.165, 1.54) is 26.4 Å². The molecule has 3 fully saturated rings. The van der Waals surface area contributed by atoms with Crippen LogP contribution in [0.1, 0.15) is 76.2 Å². The summed E-state index contributed by atoms with van der Waals surface area (Å²) in [7, 11) is 1.52. The zero-order valence-electron chi connectivity index (χ0n) is 24.5. The Kier molecular flexibility index (Phi) is 10.7. The van der Waals surface area contributed by atoms with Gasteiger partial charge in [-0.15, -0.1) is 0 Å². The van der Waals surface area contributed by atoms with Gasteiger partial charge >= 0.3 is 0 Å². The van der Waals surface area contributed by atoms with Crippen LogP contribution in [0.3, 0.4) is 0 Å². The van der Waals surface area contributed by atoms with E-state index in [2.05, 4.69) is 27.9 Å². The van der Waals surface area contributed by atoms with Gasteiger partial charge in [-0.05, 0) is 96.2 Å². The molecule has 5 rings (SSSR count). The van der Waals surface area contributed by atoms with Gasteiger partial charge in [0.1, 0.15) is 12.2 Å². The van der Waals surface area contributed by atoms with Gasteiger partial charge in [0.25, 0.3) is 0 Å². The van der Waals surface area contributed by atoms with E-state index in [9.17, 15) is 24.9 Å². The second kappa shape index (κ2) is 14.3. The fraction of sp³-hybridized carbons (Fsp3) is 0.688. The minimum Gasteiger partial charge on any atom is -0.493 e. The van der Waals surface area contributed by atoms with Crippen molar-refractivity contribution >= 4 is 34.4 Å². The summed E-state index contributed by atoms with van der Waals surface area (Å²) in [5.74, 6) is 2.33. The summed E-state index contributed by atoms with van der Waals surface area (Å²) >= 11 is 2.11. The molecule has 1 aromatic rings. The van der Waals surface area contributed by atoms with Crippen molar-refractivity contribution in [3.8, 4) is 11.5 Å². The smallest absolute Gasteiger partial charge is 0.247 e. The molecular weight excluding hydrogens is 651 g/mol. The van der Waals surface area contributed by atoms with Gasteiger partial charge in [0.2, 0.25) is 11.8 Å². The van der Waals surface area contributed by atoms with E-state index in [-0.39, 0.29) is 44.0 Å². The van der Waals surface area contributed by atoms with Crippen molar-refractivity contribution in [1.82, 2.24) is 10.2 Å². The number of aliphatic hydroxyl groups is 3. The molecule has 4 aliphatic rings. The lowest BCUT2D eigenvalue weighted by molar-refractivity contribution is -0.144. The maximum absolute atomic E-state index is 14.2. The van der Waals surface area contributed by atoms with Crippen LogP contribution in [0, 0.1) is 21.3 Å². The second-order valence-corrected chi connectivity index (χ2v) is 13.7. The van der Waals surface area contributed by atoms with Gasteiger partial charge in [-0.3, -0.25) is 9.59 Å². The van der Waals surface area contributed by atoms with Gasteiger partial charge in [-0.2, -0.15) is 0 Å². The van der Waals surface area contributed by atoms with Crippen molar-refractivity contribution in [2.75, 3.05) is 20.3 Å². The number of hydrogen-bond acceptors (Lipinski definition) is 7. The van der Waals surface area contributed by atoms with Crippen LogP contribution < -0.4 is 14.8 Å². The molecule has 10 heteroatoms. The third-order valence-electron chi connectivity index (χ3n) is 9.87. The lowest BCUT2D eigenvalue weighted by Crippen LogP contribution is -2.58. The highest BCUT2D eigenvalue weighted by Crippen LogP contribution is 2.50. The van der Waals surface area contributed by atoms with Crippen LogP contribution in [0.5, 0.6) is 11.5 Å². The summed E-state index contributed by atoms with van der Waals surface area (Å²) < 4.78 is 12.7. The average molecular weight is 697 g/mol. The number of carbonyl (C=O) groups excluding carboxylic acids is 2. The molecule has 0 aliphatic heterocycles. The number of methoxy groups -OCH3 is 1.